The topological polar surface area (TPSA) is 68.5 Å². The molecular formula is C18H16F2N4O2. The number of hydrazone groups is 1. The van der Waals surface area contributed by atoms with Crippen LogP contribution in [0.1, 0.15) is 12.5 Å². The number of benzene rings is 2. The SMILES string of the molecule is C/C(=N/NC(=O)Cn1cnc2ccccc21)c1cccc(OC(F)F)c1. The molecule has 1 N–H and O–H groups in total. The van der Waals surface area contributed by atoms with Crippen molar-refractivity contribution in [3.63, 3.8) is 0 Å². The number of aromatic nitrogens is 2. The van der Waals surface area contributed by atoms with Gasteiger partial charge in [-0.25, -0.2) is 10.4 Å². The van der Waals surface area contributed by atoms with Crippen LogP contribution in [0.25, 0.3) is 11.0 Å². The Labute approximate surface area is 148 Å². The first-order chi connectivity index (χ1) is 12.5. The van der Waals surface area contributed by atoms with E-state index in [-0.39, 0.29) is 18.2 Å². The normalized spacial score (nSPS) is 11.8. The molecule has 0 fully saturated rings. The van der Waals surface area contributed by atoms with Gasteiger partial charge in [-0.3, -0.25) is 4.79 Å². The summed E-state index contributed by atoms with van der Waals surface area (Å²) in [5, 5.41) is 4.02. The number of ether oxygens (including phenoxy) is 1. The predicted octanol–water partition coefficient (Wildman–Crippen LogP) is 3.18. The Morgan fingerprint density at radius 2 is 2.08 bits per heavy atom. The van der Waals surface area contributed by atoms with Crippen LogP contribution in [0.5, 0.6) is 5.75 Å². The van der Waals surface area contributed by atoms with Gasteiger partial charge in [0.05, 0.1) is 23.1 Å². The van der Waals surface area contributed by atoms with Gasteiger partial charge in [-0.1, -0.05) is 24.3 Å². The van der Waals surface area contributed by atoms with Gasteiger partial charge >= 0.3 is 6.61 Å². The lowest BCUT2D eigenvalue weighted by Crippen LogP contribution is -2.24. The van der Waals surface area contributed by atoms with E-state index in [1.165, 1.54) is 12.1 Å². The highest BCUT2D eigenvalue weighted by molar-refractivity contribution is 5.99. The van der Waals surface area contributed by atoms with Crippen LogP contribution in [0.3, 0.4) is 0 Å². The second-order valence-electron chi connectivity index (χ2n) is 5.50. The van der Waals surface area contributed by atoms with E-state index in [1.54, 1.807) is 30.0 Å². The second kappa shape index (κ2) is 7.73. The third-order valence-corrected chi connectivity index (χ3v) is 3.67. The van der Waals surface area contributed by atoms with Crippen molar-refractivity contribution in [3.8, 4) is 5.75 Å². The Balaban J connectivity index is 1.66. The molecule has 8 heteroatoms. The number of amides is 1. The van der Waals surface area contributed by atoms with Gasteiger partial charge in [-0.05, 0) is 31.2 Å². The minimum absolute atomic E-state index is 0.0308. The van der Waals surface area contributed by atoms with Crippen molar-refractivity contribution in [1.82, 2.24) is 15.0 Å². The van der Waals surface area contributed by atoms with Crippen molar-refractivity contribution in [2.75, 3.05) is 0 Å². The van der Waals surface area contributed by atoms with Gasteiger partial charge in [0.15, 0.2) is 0 Å². The molecule has 0 saturated heterocycles. The number of nitrogens with zero attached hydrogens (tertiary/aromatic N) is 3. The molecule has 0 aliphatic carbocycles. The van der Waals surface area contributed by atoms with Crippen LogP contribution in [-0.2, 0) is 11.3 Å². The number of carbonyl (C=O) groups is 1. The van der Waals surface area contributed by atoms with Crippen LogP contribution >= 0.6 is 0 Å². The van der Waals surface area contributed by atoms with Crippen LogP contribution in [0.2, 0.25) is 0 Å². The van der Waals surface area contributed by atoms with Crippen LogP contribution in [0.15, 0.2) is 60.0 Å². The zero-order valence-electron chi connectivity index (χ0n) is 13.9. The Bertz CT molecular complexity index is 953. The molecule has 0 aliphatic heterocycles. The lowest BCUT2D eigenvalue weighted by molar-refractivity contribution is -0.121. The number of halogens is 2. The third-order valence-electron chi connectivity index (χ3n) is 3.67. The molecule has 134 valence electrons. The predicted molar refractivity (Wildman–Crippen MR) is 93.2 cm³/mol. The lowest BCUT2D eigenvalue weighted by atomic mass is 10.1. The summed E-state index contributed by atoms with van der Waals surface area (Å²) in [7, 11) is 0. The number of carbonyl (C=O) groups excluding carboxylic acids is 1. The van der Waals surface area contributed by atoms with Crippen molar-refractivity contribution in [1.29, 1.82) is 0 Å². The first-order valence-electron chi connectivity index (χ1n) is 7.81. The summed E-state index contributed by atoms with van der Waals surface area (Å²) in [5.74, 6) is -0.296. The molecule has 1 aromatic heterocycles. The highest BCUT2D eigenvalue weighted by Crippen LogP contribution is 2.16. The summed E-state index contributed by atoms with van der Waals surface area (Å²) < 4.78 is 30.6. The molecule has 26 heavy (non-hydrogen) atoms. The maximum atomic E-state index is 12.3. The zero-order valence-corrected chi connectivity index (χ0v) is 13.9. The van der Waals surface area contributed by atoms with E-state index in [9.17, 15) is 13.6 Å². The maximum absolute atomic E-state index is 12.3. The Morgan fingerprint density at radius 1 is 1.27 bits per heavy atom. The lowest BCUT2D eigenvalue weighted by Gasteiger charge is -2.07. The molecule has 0 unspecified atom stereocenters. The van der Waals surface area contributed by atoms with Gasteiger partial charge in [-0.15, -0.1) is 0 Å². The molecule has 1 heterocycles. The molecule has 0 saturated carbocycles. The van der Waals surface area contributed by atoms with E-state index in [0.29, 0.717) is 11.3 Å². The Morgan fingerprint density at radius 3 is 2.88 bits per heavy atom. The number of nitrogens with one attached hydrogen (secondary N) is 1. The molecular weight excluding hydrogens is 342 g/mol. The summed E-state index contributed by atoms with van der Waals surface area (Å²) in [5.41, 5.74) is 5.14. The fraction of sp³-hybridized carbons (Fsp3) is 0.167. The number of imidazole rings is 1. The highest BCUT2D eigenvalue weighted by Gasteiger charge is 2.08. The molecule has 6 nitrogen and oxygen atoms in total. The van der Waals surface area contributed by atoms with E-state index in [4.69, 9.17) is 0 Å². The molecule has 3 aromatic rings. The summed E-state index contributed by atoms with van der Waals surface area (Å²) >= 11 is 0. The first kappa shape index (κ1) is 17.5. The molecule has 3 rings (SSSR count). The van der Waals surface area contributed by atoms with Crippen molar-refractivity contribution in [2.24, 2.45) is 5.10 Å². The number of rotatable bonds is 6. The summed E-state index contributed by atoms with van der Waals surface area (Å²) in [6.07, 6.45) is 1.59. The molecule has 0 spiro atoms. The van der Waals surface area contributed by atoms with Gasteiger partial charge in [0.25, 0.3) is 5.91 Å². The van der Waals surface area contributed by atoms with Gasteiger partial charge in [-0.2, -0.15) is 13.9 Å². The molecule has 0 aliphatic rings. The largest absolute Gasteiger partial charge is 0.435 e. The standard InChI is InChI=1S/C18H16F2N4O2/c1-12(13-5-4-6-14(9-13)26-18(19)20)22-23-17(25)10-24-11-21-15-7-2-3-8-16(15)24/h2-9,11,18H,10H2,1H3,(H,23,25)/b22-12-. The number of hydrogen-bond acceptors (Lipinski definition) is 4. The molecule has 1 amide bonds. The Kier molecular flexibility index (Phi) is 5.21. The van der Waals surface area contributed by atoms with Crippen molar-refractivity contribution in [3.05, 3.63) is 60.4 Å². The van der Waals surface area contributed by atoms with Crippen LogP contribution in [0.4, 0.5) is 8.78 Å². The molecule has 0 atom stereocenters. The fourth-order valence-corrected chi connectivity index (χ4v) is 2.43. The second-order valence-corrected chi connectivity index (χ2v) is 5.50. The average molecular weight is 358 g/mol. The van der Waals surface area contributed by atoms with Crippen molar-refractivity contribution in [2.45, 2.75) is 20.1 Å². The van der Waals surface area contributed by atoms with E-state index >= 15 is 0 Å². The smallest absolute Gasteiger partial charge is 0.387 e. The van der Waals surface area contributed by atoms with E-state index < -0.39 is 6.61 Å². The number of hydrogen-bond donors (Lipinski definition) is 1. The van der Waals surface area contributed by atoms with E-state index in [2.05, 4.69) is 20.2 Å². The molecule has 0 radical (unpaired) electrons. The molecule has 0 bridgehead atoms. The van der Waals surface area contributed by atoms with Crippen LogP contribution in [-0.4, -0.2) is 27.8 Å². The summed E-state index contributed by atoms with van der Waals surface area (Å²) in [6.45, 7) is -1.17. The Hall–Kier alpha value is -3.29. The number of fused-ring (bicyclic) bond motifs is 1. The number of alkyl halides is 2. The average Bonchev–Trinajstić information content (AvgIpc) is 3.02. The van der Waals surface area contributed by atoms with Gasteiger partial charge in [0.1, 0.15) is 12.3 Å². The fourth-order valence-electron chi connectivity index (χ4n) is 2.43. The monoisotopic (exact) mass is 358 g/mol. The van der Waals surface area contributed by atoms with Crippen LogP contribution in [0, 0.1) is 0 Å². The quantitative estimate of drug-likeness (QED) is 0.544. The summed E-state index contributed by atoms with van der Waals surface area (Å²) in [4.78, 5) is 16.3. The van der Waals surface area contributed by atoms with E-state index in [1.807, 2.05) is 24.3 Å². The van der Waals surface area contributed by atoms with Crippen LogP contribution < -0.4 is 10.2 Å². The van der Waals surface area contributed by atoms with Gasteiger partial charge in [0, 0.05) is 5.56 Å². The minimum atomic E-state index is -2.90. The van der Waals surface area contributed by atoms with Gasteiger partial charge < -0.3 is 9.30 Å². The molecule has 2 aromatic carbocycles. The summed E-state index contributed by atoms with van der Waals surface area (Å²) in [6, 6.07) is 13.6. The van der Waals surface area contributed by atoms with E-state index in [0.717, 1.165) is 11.0 Å². The third kappa shape index (κ3) is 4.21. The first-order valence-corrected chi connectivity index (χ1v) is 7.81. The van der Waals surface area contributed by atoms with Crippen molar-refractivity contribution < 1.29 is 18.3 Å². The number of para-hydroxylation sites is 2. The van der Waals surface area contributed by atoms with Crippen molar-refractivity contribution >= 4 is 22.7 Å². The zero-order chi connectivity index (χ0) is 18.5. The maximum Gasteiger partial charge on any atom is 0.387 e. The van der Waals surface area contributed by atoms with Gasteiger partial charge in [0.2, 0.25) is 0 Å². The highest BCUT2D eigenvalue weighted by atomic mass is 19.3. The minimum Gasteiger partial charge on any atom is -0.435 e.